The average Bonchev–Trinajstić information content (AvgIpc) is 2.18. The highest BCUT2D eigenvalue weighted by atomic mass is 32.2. The zero-order valence-corrected chi connectivity index (χ0v) is 6.29. The Bertz CT molecular complexity index is 151. The molecule has 1 N–H and O–H groups in total. The van der Waals surface area contributed by atoms with E-state index < -0.39 is 0 Å². The van der Waals surface area contributed by atoms with Gasteiger partial charge in [-0.15, -0.1) is 0 Å². The van der Waals surface area contributed by atoms with Crippen molar-refractivity contribution < 1.29 is 0 Å². The highest BCUT2D eigenvalue weighted by Gasteiger charge is 2.09. The van der Waals surface area contributed by atoms with E-state index in [-0.39, 0.29) is 0 Å². The largest absolute Gasteiger partial charge is 0.314 e. The third-order valence-corrected chi connectivity index (χ3v) is 1.99. The fraction of sp³-hybridized carbons (Fsp3) is 0.500. The molecule has 2 nitrogen and oxygen atoms in total. The first-order valence-electron chi connectivity index (χ1n) is 2.86. The molecule has 0 spiro atoms. The number of hydrogen-bond acceptors (Lipinski definition) is 3. The predicted octanol–water partition coefficient (Wildman–Crippen LogP) is 0.865. The second kappa shape index (κ2) is 3.03. The lowest BCUT2D eigenvalue weighted by Gasteiger charge is -1.96. The SMILES string of the molecule is C=C1CSN=C1CNC. The maximum Gasteiger partial charge on any atom is 0.0659 e. The monoisotopic (exact) mass is 142 g/mol. The third kappa shape index (κ3) is 1.56. The zero-order chi connectivity index (χ0) is 6.69. The summed E-state index contributed by atoms with van der Waals surface area (Å²) in [5.74, 6) is 0.969. The van der Waals surface area contributed by atoms with Crippen molar-refractivity contribution in [3.63, 3.8) is 0 Å². The van der Waals surface area contributed by atoms with Crippen LogP contribution in [0.5, 0.6) is 0 Å². The summed E-state index contributed by atoms with van der Waals surface area (Å²) < 4.78 is 4.18. The molecule has 1 rings (SSSR count). The van der Waals surface area contributed by atoms with Crippen molar-refractivity contribution in [1.82, 2.24) is 5.32 Å². The summed E-state index contributed by atoms with van der Waals surface area (Å²) >= 11 is 1.58. The lowest BCUT2D eigenvalue weighted by molar-refractivity contribution is 0.948. The average molecular weight is 142 g/mol. The Morgan fingerprint density at radius 1 is 1.89 bits per heavy atom. The van der Waals surface area contributed by atoms with Gasteiger partial charge in [0.2, 0.25) is 0 Å². The summed E-state index contributed by atoms with van der Waals surface area (Å²) in [6, 6.07) is 0. The molecule has 50 valence electrons. The van der Waals surface area contributed by atoms with Crippen molar-refractivity contribution in [3.05, 3.63) is 12.2 Å². The summed E-state index contributed by atoms with van der Waals surface area (Å²) in [4.78, 5) is 0. The topological polar surface area (TPSA) is 24.4 Å². The minimum Gasteiger partial charge on any atom is -0.314 e. The Morgan fingerprint density at radius 2 is 2.67 bits per heavy atom. The van der Waals surface area contributed by atoms with E-state index in [9.17, 15) is 0 Å². The number of hydrogen-bond donors (Lipinski definition) is 1. The molecule has 0 bridgehead atoms. The van der Waals surface area contributed by atoms with E-state index in [1.54, 1.807) is 11.9 Å². The zero-order valence-electron chi connectivity index (χ0n) is 5.48. The van der Waals surface area contributed by atoms with Gasteiger partial charge in [-0.1, -0.05) is 6.58 Å². The molecular formula is C6H10N2S. The van der Waals surface area contributed by atoms with E-state index in [4.69, 9.17) is 0 Å². The van der Waals surface area contributed by atoms with Crippen LogP contribution >= 0.6 is 11.9 Å². The summed E-state index contributed by atoms with van der Waals surface area (Å²) in [5, 5.41) is 3.04. The molecule has 0 saturated heterocycles. The molecule has 3 heteroatoms. The second-order valence-corrected chi connectivity index (χ2v) is 2.67. The first-order valence-corrected chi connectivity index (χ1v) is 3.80. The van der Waals surface area contributed by atoms with Crippen LogP contribution in [0.25, 0.3) is 0 Å². The smallest absolute Gasteiger partial charge is 0.0659 e. The maximum absolute atomic E-state index is 4.18. The molecule has 0 aliphatic carbocycles. The van der Waals surface area contributed by atoms with Crippen molar-refractivity contribution in [1.29, 1.82) is 0 Å². The van der Waals surface area contributed by atoms with Gasteiger partial charge in [0.25, 0.3) is 0 Å². The summed E-state index contributed by atoms with van der Waals surface area (Å²) in [7, 11) is 1.92. The molecular weight excluding hydrogens is 132 g/mol. The first kappa shape index (κ1) is 6.83. The van der Waals surface area contributed by atoms with E-state index in [1.165, 1.54) is 0 Å². The first-order chi connectivity index (χ1) is 4.34. The number of nitrogens with one attached hydrogen (secondary N) is 1. The van der Waals surface area contributed by atoms with Gasteiger partial charge in [0.1, 0.15) is 0 Å². The van der Waals surface area contributed by atoms with Crippen LogP contribution in [0.15, 0.2) is 16.5 Å². The van der Waals surface area contributed by atoms with Crippen molar-refractivity contribution in [2.24, 2.45) is 4.40 Å². The van der Waals surface area contributed by atoms with E-state index >= 15 is 0 Å². The van der Waals surface area contributed by atoms with Crippen LogP contribution in [0, 0.1) is 0 Å². The van der Waals surface area contributed by atoms with Gasteiger partial charge < -0.3 is 5.32 Å². The molecule has 0 atom stereocenters. The van der Waals surface area contributed by atoms with Crippen LogP contribution in [0.3, 0.4) is 0 Å². The summed E-state index contributed by atoms with van der Waals surface area (Å²) in [6.45, 7) is 4.72. The molecule has 0 fully saturated rings. The summed E-state index contributed by atoms with van der Waals surface area (Å²) in [5.41, 5.74) is 2.27. The molecule has 1 aliphatic rings. The van der Waals surface area contributed by atoms with Crippen molar-refractivity contribution in [3.8, 4) is 0 Å². The van der Waals surface area contributed by atoms with E-state index in [2.05, 4.69) is 16.3 Å². The van der Waals surface area contributed by atoms with Gasteiger partial charge in [0.15, 0.2) is 0 Å². The summed E-state index contributed by atoms with van der Waals surface area (Å²) in [6.07, 6.45) is 0. The van der Waals surface area contributed by atoms with Gasteiger partial charge in [-0.2, -0.15) is 0 Å². The normalized spacial score (nSPS) is 18.3. The van der Waals surface area contributed by atoms with Gasteiger partial charge in [-0.25, -0.2) is 4.40 Å². The molecule has 0 aromatic heterocycles. The molecule has 0 unspecified atom stereocenters. The number of nitrogens with zero attached hydrogens (tertiary/aromatic N) is 1. The minimum absolute atomic E-state index is 0.853. The van der Waals surface area contributed by atoms with Crippen LogP contribution in [-0.2, 0) is 0 Å². The molecule has 1 aliphatic heterocycles. The van der Waals surface area contributed by atoms with Crippen LogP contribution in [0.1, 0.15) is 0 Å². The third-order valence-electron chi connectivity index (χ3n) is 1.17. The van der Waals surface area contributed by atoms with Crippen LogP contribution in [-0.4, -0.2) is 25.1 Å². The van der Waals surface area contributed by atoms with Gasteiger partial charge >= 0.3 is 0 Å². The lowest BCUT2D eigenvalue weighted by atomic mass is 10.2. The number of rotatable bonds is 2. The standard InChI is InChI=1S/C6H10N2S/c1-5-4-9-8-6(5)3-7-2/h7H,1,3-4H2,2H3. The Morgan fingerprint density at radius 3 is 3.11 bits per heavy atom. The molecule has 0 amide bonds. The lowest BCUT2D eigenvalue weighted by Crippen LogP contribution is -2.18. The Labute approximate surface area is 59.6 Å². The quantitative estimate of drug-likeness (QED) is 0.578. The maximum atomic E-state index is 4.18. The Balaban J connectivity index is 2.47. The van der Waals surface area contributed by atoms with Gasteiger partial charge in [-0.05, 0) is 24.6 Å². The fourth-order valence-electron chi connectivity index (χ4n) is 0.661. The molecule has 0 aromatic carbocycles. The van der Waals surface area contributed by atoms with E-state index in [0.29, 0.717) is 0 Å². The fourth-order valence-corrected chi connectivity index (χ4v) is 1.40. The van der Waals surface area contributed by atoms with Crippen molar-refractivity contribution in [2.45, 2.75) is 0 Å². The van der Waals surface area contributed by atoms with Gasteiger partial charge in [0, 0.05) is 12.3 Å². The molecule has 1 heterocycles. The predicted molar refractivity (Wildman–Crippen MR) is 43.0 cm³/mol. The van der Waals surface area contributed by atoms with Crippen LogP contribution < -0.4 is 5.32 Å². The van der Waals surface area contributed by atoms with E-state index in [1.807, 2.05) is 7.05 Å². The molecule has 0 radical (unpaired) electrons. The highest BCUT2D eigenvalue weighted by molar-refractivity contribution is 7.98. The minimum atomic E-state index is 0.853. The molecule has 0 aromatic rings. The van der Waals surface area contributed by atoms with Crippen molar-refractivity contribution in [2.75, 3.05) is 19.3 Å². The van der Waals surface area contributed by atoms with Crippen molar-refractivity contribution >= 4 is 17.7 Å². The van der Waals surface area contributed by atoms with Crippen LogP contribution in [0.4, 0.5) is 0 Å². The Hall–Kier alpha value is -0.280. The highest BCUT2D eigenvalue weighted by Crippen LogP contribution is 2.18. The van der Waals surface area contributed by atoms with Gasteiger partial charge in [0.05, 0.1) is 5.71 Å². The Kier molecular flexibility index (Phi) is 2.30. The van der Waals surface area contributed by atoms with Crippen LogP contribution in [0.2, 0.25) is 0 Å². The van der Waals surface area contributed by atoms with Gasteiger partial charge in [-0.3, -0.25) is 0 Å². The van der Waals surface area contributed by atoms with E-state index in [0.717, 1.165) is 23.6 Å². The second-order valence-electron chi connectivity index (χ2n) is 1.95. The molecule has 0 saturated carbocycles. The molecule has 9 heavy (non-hydrogen) atoms.